The Morgan fingerprint density at radius 2 is 1.80 bits per heavy atom. The standard InChI is InChI=1S/C31H27Cl2N3O4S/c1-17(2)40-28-23(33)14-19(15-24(28)39-4)16-25-30(38)36-27(20-10-12-21(32)13-11-20)26(18(3)34-31(36)41-25)29(37)35-22-8-6-5-7-9-22/h5-17,27H,1-4H3,(H,35,37)/b25-16-/t27-/m0/s1. The highest BCUT2D eigenvalue weighted by molar-refractivity contribution is 7.07. The Kier molecular flexibility index (Phi) is 8.35. The van der Waals surface area contributed by atoms with Crippen molar-refractivity contribution in [3.05, 3.63) is 119 Å². The van der Waals surface area contributed by atoms with Gasteiger partial charge in [0.2, 0.25) is 0 Å². The van der Waals surface area contributed by atoms with E-state index in [0.29, 0.717) is 53.4 Å². The maximum Gasteiger partial charge on any atom is 0.271 e. The fourth-order valence-electron chi connectivity index (χ4n) is 4.62. The zero-order valence-corrected chi connectivity index (χ0v) is 25.1. The second kappa shape index (κ2) is 11.9. The number of nitrogens with zero attached hydrogens (tertiary/aromatic N) is 2. The van der Waals surface area contributed by atoms with E-state index in [4.69, 9.17) is 32.7 Å². The van der Waals surface area contributed by atoms with Crippen LogP contribution < -0.4 is 29.7 Å². The fraction of sp³-hybridized carbons (Fsp3) is 0.194. The predicted molar refractivity (Wildman–Crippen MR) is 164 cm³/mol. The molecule has 0 aliphatic carbocycles. The number of aromatic nitrogens is 1. The largest absolute Gasteiger partial charge is 0.493 e. The van der Waals surface area contributed by atoms with Crippen molar-refractivity contribution in [2.24, 2.45) is 4.99 Å². The second-order valence-electron chi connectivity index (χ2n) is 9.65. The van der Waals surface area contributed by atoms with Crippen molar-refractivity contribution in [3.8, 4) is 11.5 Å². The van der Waals surface area contributed by atoms with E-state index < -0.39 is 6.04 Å². The zero-order chi connectivity index (χ0) is 29.3. The van der Waals surface area contributed by atoms with Crippen molar-refractivity contribution in [2.45, 2.75) is 32.9 Å². The van der Waals surface area contributed by atoms with Crippen LogP contribution in [-0.4, -0.2) is 23.7 Å². The van der Waals surface area contributed by atoms with Crippen LogP contribution in [0.2, 0.25) is 10.0 Å². The monoisotopic (exact) mass is 607 g/mol. The van der Waals surface area contributed by atoms with E-state index in [1.54, 1.807) is 54.0 Å². The SMILES string of the molecule is COc1cc(/C=c2\sc3n(c2=O)[C@@H](c2ccc(Cl)cc2)C(C(=O)Nc2ccccc2)=C(C)N=3)cc(Cl)c1OC(C)C. The van der Waals surface area contributed by atoms with Crippen molar-refractivity contribution in [1.82, 2.24) is 4.57 Å². The summed E-state index contributed by atoms with van der Waals surface area (Å²) in [4.78, 5) is 32.8. The third-order valence-electron chi connectivity index (χ3n) is 6.39. The van der Waals surface area contributed by atoms with E-state index in [1.165, 1.54) is 18.4 Å². The molecule has 0 spiro atoms. The predicted octanol–water partition coefficient (Wildman–Crippen LogP) is 5.98. The molecular formula is C31H27Cl2N3O4S. The highest BCUT2D eigenvalue weighted by atomic mass is 35.5. The van der Waals surface area contributed by atoms with Crippen molar-refractivity contribution >= 4 is 52.2 Å². The zero-order valence-electron chi connectivity index (χ0n) is 22.8. The minimum atomic E-state index is -0.714. The van der Waals surface area contributed by atoms with E-state index in [9.17, 15) is 9.59 Å². The van der Waals surface area contributed by atoms with Crippen LogP contribution in [0.1, 0.15) is 37.9 Å². The van der Waals surface area contributed by atoms with Crippen LogP contribution in [0.15, 0.2) is 87.8 Å². The van der Waals surface area contributed by atoms with Gasteiger partial charge in [0, 0.05) is 10.7 Å². The molecule has 0 saturated carbocycles. The smallest absolute Gasteiger partial charge is 0.271 e. The van der Waals surface area contributed by atoms with Crippen LogP contribution in [0.5, 0.6) is 11.5 Å². The maximum absolute atomic E-state index is 14.0. The number of carbonyl (C=O) groups excluding carboxylic acids is 1. The molecule has 5 rings (SSSR count). The average Bonchev–Trinajstić information content (AvgIpc) is 3.24. The van der Waals surface area contributed by atoms with Gasteiger partial charge in [0.15, 0.2) is 16.3 Å². The summed E-state index contributed by atoms with van der Waals surface area (Å²) in [7, 11) is 1.54. The Morgan fingerprint density at radius 3 is 2.46 bits per heavy atom. The van der Waals surface area contributed by atoms with Crippen LogP contribution in [0.3, 0.4) is 0 Å². The molecule has 1 aromatic heterocycles. The molecule has 1 atom stereocenters. The minimum absolute atomic E-state index is 0.0969. The maximum atomic E-state index is 14.0. The lowest BCUT2D eigenvalue weighted by Gasteiger charge is -2.25. The van der Waals surface area contributed by atoms with E-state index in [2.05, 4.69) is 10.3 Å². The molecule has 7 nitrogen and oxygen atoms in total. The number of nitrogens with one attached hydrogen (secondary N) is 1. The molecule has 41 heavy (non-hydrogen) atoms. The molecule has 2 heterocycles. The number of hydrogen-bond donors (Lipinski definition) is 1. The number of rotatable bonds is 7. The van der Waals surface area contributed by atoms with E-state index >= 15 is 0 Å². The lowest BCUT2D eigenvalue weighted by molar-refractivity contribution is -0.113. The van der Waals surface area contributed by atoms with Crippen LogP contribution in [-0.2, 0) is 4.79 Å². The first kappa shape index (κ1) is 28.7. The van der Waals surface area contributed by atoms with Gasteiger partial charge in [-0.1, -0.05) is 64.9 Å². The molecule has 3 aromatic carbocycles. The number of anilines is 1. The number of halogens is 2. The van der Waals surface area contributed by atoms with Crippen LogP contribution in [0.4, 0.5) is 5.69 Å². The van der Waals surface area contributed by atoms with Gasteiger partial charge in [-0.15, -0.1) is 0 Å². The van der Waals surface area contributed by atoms with Crippen LogP contribution in [0.25, 0.3) is 6.08 Å². The third-order valence-corrected chi connectivity index (χ3v) is 7.90. The highest BCUT2D eigenvalue weighted by Gasteiger charge is 2.32. The summed E-state index contributed by atoms with van der Waals surface area (Å²) in [5.74, 6) is 0.555. The van der Waals surface area contributed by atoms with Gasteiger partial charge in [-0.25, -0.2) is 4.99 Å². The summed E-state index contributed by atoms with van der Waals surface area (Å²) in [6, 6.07) is 19.0. The van der Waals surface area contributed by atoms with Gasteiger partial charge >= 0.3 is 0 Å². The first-order valence-corrected chi connectivity index (χ1v) is 14.4. The topological polar surface area (TPSA) is 81.9 Å². The molecule has 0 radical (unpaired) electrons. The summed E-state index contributed by atoms with van der Waals surface area (Å²) in [6.45, 7) is 5.58. The molecule has 1 aliphatic rings. The molecule has 0 unspecified atom stereocenters. The van der Waals surface area contributed by atoms with Gasteiger partial charge < -0.3 is 14.8 Å². The summed E-state index contributed by atoms with van der Waals surface area (Å²) in [5, 5.41) is 3.86. The number of fused-ring (bicyclic) bond motifs is 1. The first-order valence-electron chi connectivity index (χ1n) is 12.8. The Balaban J connectivity index is 1.65. The van der Waals surface area contributed by atoms with E-state index in [-0.39, 0.29) is 17.6 Å². The number of thiazole rings is 1. The first-order chi connectivity index (χ1) is 19.7. The van der Waals surface area contributed by atoms with Gasteiger partial charge in [0.25, 0.3) is 11.5 Å². The van der Waals surface area contributed by atoms with Crippen molar-refractivity contribution in [3.63, 3.8) is 0 Å². The van der Waals surface area contributed by atoms with E-state index in [0.717, 1.165) is 5.56 Å². The fourth-order valence-corrected chi connectivity index (χ4v) is 6.05. The normalized spacial score (nSPS) is 15.0. The summed E-state index contributed by atoms with van der Waals surface area (Å²) in [6.07, 6.45) is 1.64. The molecule has 4 aromatic rings. The molecule has 0 fully saturated rings. The molecule has 10 heteroatoms. The number of ether oxygens (including phenoxy) is 2. The number of allylic oxidation sites excluding steroid dienone is 1. The van der Waals surface area contributed by atoms with Gasteiger partial charge in [-0.2, -0.15) is 0 Å². The average molecular weight is 609 g/mol. The molecule has 1 amide bonds. The van der Waals surface area contributed by atoms with Crippen LogP contribution in [0, 0.1) is 0 Å². The third kappa shape index (κ3) is 5.95. The summed E-state index contributed by atoms with van der Waals surface area (Å²) < 4.78 is 13.3. The number of benzene rings is 3. The number of methoxy groups -OCH3 is 1. The second-order valence-corrected chi connectivity index (χ2v) is 11.5. The Bertz CT molecular complexity index is 1830. The highest BCUT2D eigenvalue weighted by Crippen LogP contribution is 2.37. The minimum Gasteiger partial charge on any atom is -0.493 e. The van der Waals surface area contributed by atoms with Crippen LogP contribution >= 0.6 is 34.5 Å². The van der Waals surface area contributed by atoms with Crippen molar-refractivity contribution in [1.29, 1.82) is 0 Å². The van der Waals surface area contributed by atoms with Gasteiger partial charge in [-0.3, -0.25) is 14.2 Å². The quantitative estimate of drug-likeness (QED) is 0.280. The van der Waals surface area contributed by atoms with E-state index in [1.807, 2.05) is 44.2 Å². The Labute approximate surface area is 251 Å². The lowest BCUT2D eigenvalue weighted by Crippen LogP contribution is -2.40. The summed E-state index contributed by atoms with van der Waals surface area (Å²) >= 11 is 13.9. The molecule has 0 saturated heterocycles. The number of para-hydroxylation sites is 1. The number of amides is 1. The van der Waals surface area contributed by atoms with Gasteiger partial charge in [0.05, 0.1) is 40.1 Å². The number of carbonyl (C=O) groups is 1. The van der Waals surface area contributed by atoms with Gasteiger partial charge in [-0.05, 0) is 74.4 Å². The van der Waals surface area contributed by atoms with Crippen molar-refractivity contribution < 1.29 is 14.3 Å². The number of hydrogen-bond acceptors (Lipinski definition) is 6. The Hall–Kier alpha value is -3.85. The molecule has 210 valence electrons. The molecule has 1 aliphatic heterocycles. The lowest BCUT2D eigenvalue weighted by atomic mass is 9.95. The van der Waals surface area contributed by atoms with Crippen molar-refractivity contribution in [2.75, 3.05) is 12.4 Å². The molecule has 1 N–H and O–H groups in total. The summed E-state index contributed by atoms with van der Waals surface area (Å²) in [5.41, 5.74) is 2.63. The Morgan fingerprint density at radius 1 is 1.10 bits per heavy atom. The molecular weight excluding hydrogens is 581 g/mol. The van der Waals surface area contributed by atoms with Gasteiger partial charge in [0.1, 0.15) is 0 Å². The molecule has 0 bridgehead atoms.